The number of hydrogen-bond donors (Lipinski definition) is 1. The summed E-state index contributed by atoms with van der Waals surface area (Å²) in [6.07, 6.45) is 5.64. The summed E-state index contributed by atoms with van der Waals surface area (Å²) in [7, 11) is 0. The Hall–Kier alpha value is -2.70. The van der Waals surface area contributed by atoms with E-state index in [-0.39, 0.29) is 17.5 Å². The fourth-order valence-corrected chi connectivity index (χ4v) is 3.79. The molecule has 142 valence electrons. The Bertz CT molecular complexity index is 800. The van der Waals surface area contributed by atoms with E-state index in [1.54, 1.807) is 29.4 Å². The van der Waals surface area contributed by atoms with Gasteiger partial charge in [0.25, 0.3) is 5.91 Å². The molecule has 0 atom stereocenters. The summed E-state index contributed by atoms with van der Waals surface area (Å²) in [4.78, 5) is 25.2. The van der Waals surface area contributed by atoms with Gasteiger partial charge in [0.05, 0.1) is 5.56 Å². The molecular formula is C20H24FN5O. The van der Waals surface area contributed by atoms with Crippen LogP contribution in [0.5, 0.6) is 0 Å². The first kappa shape index (κ1) is 17.7. The Kier molecular flexibility index (Phi) is 5.18. The van der Waals surface area contributed by atoms with Gasteiger partial charge in [-0.15, -0.1) is 0 Å². The monoisotopic (exact) mass is 369 g/mol. The standard InChI is InChI=1S/C20H24FN5O/c21-17-6-2-1-5-16(17)20(27)26-11-7-15(8-12-26)24-18-13-19(23-14-22-18)25-9-3-4-10-25/h1-2,5-6,13-15H,3-4,7-12H2,(H,22,23,24). The fourth-order valence-electron chi connectivity index (χ4n) is 3.79. The van der Waals surface area contributed by atoms with Crippen molar-refractivity contribution in [2.45, 2.75) is 31.7 Å². The molecule has 4 rings (SSSR count). The molecule has 0 aliphatic carbocycles. The first-order valence-corrected chi connectivity index (χ1v) is 9.58. The lowest BCUT2D eigenvalue weighted by atomic mass is 10.0. The average Bonchev–Trinajstić information content (AvgIpc) is 3.24. The van der Waals surface area contributed by atoms with E-state index >= 15 is 0 Å². The molecule has 3 heterocycles. The maximum absolute atomic E-state index is 13.8. The van der Waals surface area contributed by atoms with Crippen LogP contribution in [0, 0.1) is 5.82 Å². The number of halogens is 1. The average molecular weight is 369 g/mol. The molecule has 2 saturated heterocycles. The van der Waals surface area contributed by atoms with E-state index < -0.39 is 5.82 Å². The topological polar surface area (TPSA) is 61.4 Å². The maximum Gasteiger partial charge on any atom is 0.256 e. The second kappa shape index (κ2) is 7.90. The molecule has 0 saturated carbocycles. The van der Waals surface area contributed by atoms with Crippen molar-refractivity contribution < 1.29 is 9.18 Å². The maximum atomic E-state index is 13.8. The van der Waals surface area contributed by atoms with Gasteiger partial charge in [0.15, 0.2) is 0 Å². The molecule has 6 nitrogen and oxygen atoms in total. The first-order chi connectivity index (χ1) is 13.2. The number of carbonyl (C=O) groups excluding carboxylic acids is 1. The van der Waals surface area contributed by atoms with Gasteiger partial charge in [0, 0.05) is 38.3 Å². The van der Waals surface area contributed by atoms with Crippen LogP contribution >= 0.6 is 0 Å². The highest BCUT2D eigenvalue weighted by Gasteiger charge is 2.25. The predicted molar refractivity (Wildman–Crippen MR) is 102 cm³/mol. The van der Waals surface area contributed by atoms with Crippen molar-refractivity contribution in [2.24, 2.45) is 0 Å². The van der Waals surface area contributed by atoms with E-state index in [1.807, 2.05) is 6.07 Å². The lowest BCUT2D eigenvalue weighted by Crippen LogP contribution is -2.42. The van der Waals surface area contributed by atoms with E-state index in [4.69, 9.17) is 0 Å². The van der Waals surface area contributed by atoms with E-state index in [0.29, 0.717) is 13.1 Å². The van der Waals surface area contributed by atoms with Crippen LogP contribution in [0.25, 0.3) is 0 Å². The van der Waals surface area contributed by atoms with Gasteiger partial charge >= 0.3 is 0 Å². The summed E-state index contributed by atoms with van der Waals surface area (Å²) in [5.41, 5.74) is 0.148. The Morgan fingerprint density at radius 1 is 1.07 bits per heavy atom. The number of nitrogens with one attached hydrogen (secondary N) is 1. The molecule has 1 amide bonds. The van der Waals surface area contributed by atoms with Gasteiger partial charge in [-0.3, -0.25) is 4.79 Å². The third-order valence-corrected chi connectivity index (χ3v) is 5.32. The molecule has 2 aliphatic rings. The minimum atomic E-state index is -0.460. The molecule has 7 heteroatoms. The third-order valence-electron chi connectivity index (χ3n) is 5.32. The van der Waals surface area contributed by atoms with E-state index in [2.05, 4.69) is 20.2 Å². The lowest BCUT2D eigenvalue weighted by molar-refractivity contribution is 0.0713. The molecule has 1 N–H and O–H groups in total. The van der Waals surface area contributed by atoms with Crippen molar-refractivity contribution in [3.05, 3.63) is 48.0 Å². The second-order valence-electron chi connectivity index (χ2n) is 7.15. The summed E-state index contributed by atoms with van der Waals surface area (Å²) in [5, 5.41) is 3.47. The van der Waals surface area contributed by atoms with Gasteiger partial charge in [-0.25, -0.2) is 14.4 Å². The highest BCUT2D eigenvalue weighted by Crippen LogP contribution is 2.22. The number of hydrogen-bond acceptors (Lipinski definition) is 5. The zero-order chi connectivity index (χ0) is 18.6. The van der Waals surface area contributed by atoms with Crippen LogP contribution in [0.2, 0.25) is 0 Å². The van der Waals surface area contributed by atoms with Gasteiger partial charge < -0.3 is 15.1 Å². The van der Waals surface area contributed by atoms with Gasteiger partial charge in [-0.2, -0.15) is 0 Å². The molecular weight excluding hydrogens is 345 g/mol. The van der Waals surface area contributed by atoms with E-state index in [1.165, 1.54) is 18.9 Å². The van der Waals surface area contributed by atoms with Crippen molar-refractivity contribution in [2.75, 3.05) is 36.4 Å². The van der Waals surface area contributed by atoms with Crippen LogP contribution in [0.4, 0.5) is 16.0 Å². The van der Waals surface area contributed by atoms with Gasteiger partial charge in [-0.1, -0.05) is 12.1 Å². The van der Waals surface area contributed by atoms with Crippen LogP contribution in [-0.2, 0) is 0 Å². The number of piperidine rings is 1. The third kappa shape index (κ3) is 4.02. The SMILES string of the molecule is O=C(c1ccccc1F)N1CCC(Nc2cc(N3CCCC3)ncn2)CC1. The number of anilines is 2. The second-order valence-corrected chi connectivity index (χ2v) is 7.15. The summed E-state index contributed by atoms with van der Waals surface area (Å²) < 4.78 is 13.8. The van der Waals surface area contributed by atoms with E-state index in [0.717, 1.165) is 37.6 Å². The van der Waals surface area contributed by atoms with Crippen LogP contribution in [-0.4, -0.2) is 53.0 Å². The minimum absolute atomic E-state index is 0.148. The van der Waals surface area contributed by atoms with Gasteiger partial charge in [-0.05, 0) is 37.8 Å². The van der Waals surface area contributed by atoms with Crippen molar-refractivity contribution in [3.63, 3.8) is 0 Å². The predicted octanol–water partition coefficient (Wildman–Crippen LogP) is 2.93. The Morgan fingerprint density at radius 3 is 2.56 bits per heavy atom. The molecule has 2 aromatic rings. The van der Waals surface area contributed by atoms with Crippen LogP contribution < -0.4 is 10.2 Å². The molecule has 0 unspecified atom stereocenters. The Balaban J connectivity index is 1.34. The first-order valence-electron chi connectivity index (χ1n) is 9.58. The largest absolute Gasteiger partial charge is 0.367 e. The molecule has 0 radical (unpaired) electrons. The number of rotatable bonds is 4. The Morgan fingerprint density at radius 2 is 1.81 bits per heavy atom. The highest BCUT2D eigenvalue weighted by atomic mass is 19.1. The van der Waals surface area contributed by atoms with Crippen molar-refractivity contribution in [1.82, 2.24) is 14.9 Å². The molecule has 0 bridgehead atoms. The normalized spacial score (nSPS) is 18.0. The number of nitrogens with zero attached hydrogens (tertiary/aromatic N) is 4. The number of carbonyl (C=O) groups is 1. The smallest absolute Gasteiger partial charge is 0.256 e. The molecule has 1 aromatic heterocycles. The summed E-state index contributed by atoms with van der Waals surface area (Å²) in [6, 6.07) is 8.41. The summed E-state index contributed by atoms with van der Waals surface area (Å²) in [6.45, 7) is 3.31. The molecule has 0 spiro atoms. The zero-order valence-corrected chi connectivity index (χ0v) is 15.3. The van der Waals surface area contributed by atoms with E-state index in [9.17, 15) is 9.18 Å². The van der Waals surface area contributed by atoms with Crippen molar-refractivity contribution >= 4 is 17.5 Å². The minimum Gasteiger partial charge on any atom is -0.367 e. The zero-order valence-electron chi connectivity index (χ0n) is 15.3. The quantitative estimate of drug-likeness (QED) is 0.898. The van der Waals surface area contributed by atoms with Crippen LogP contribution in [0.1, 0.15) is 36.0 Å². The van der Waals surface area contributed by atoms with Crippen LogP contribution in [0.15, 0.2) is 36.7 Å². The summed E-state index contributed by atoms with van der Waals surface area (Å²) >= 11 is 0. The van der Waals surface area contributed by atoms with Gasteiger partial charge in [0.2, 0.25) is 0 Å². The fraction of sp³-hybridized carbons (Fsp3) is 0.450. The van der Waals surface area contributed by atoms with Crippen molar-refractivity contribution in [1.29, 1.82) is 0 Å². The molecule has 2 aliphatic heterocycles. The molecule has 1 aromatic carbocycles. The number of likely N-dealkylation sites (tertiary alicyclic amines) is 1. The van der Waals surface area contributed by atoms with Crippen LogP contribution in [0.3, 0.4) is 0 Å². The Labute approximate surface area is 158 Å². The highest BCUT2D eigenvalue weighted by molar-refractivity contribution is 5.94. The molecule has 27 heavy (non-hydrogen) atoms. The lowest BCUT2D eigenvalue weighted by Gasteiger charge is -2.32. The number of amides is 1. The summed E-state index contributed by atoms with van der Waals surface area (Å²) in [5.74, 6) is 1.10. The number of aromatic nitrogens is 2. The number of benzene rings is 1. The molecule has 2 fully saturated rings. The van der Waals surface area contributed by atoms with Gasteiger partial charge in [0.1, 0.15) is 23.8 Å². The van der Waals surface area contributed by atoms with Crippen molar-refractivity contribution in [3.8, 4) is 0 Å².